The van der Waals surface area contributed by atoms with Crippen molar-refractivity contribution in [2.45, 2.75) is 70.6 Å². The number of rotatable bonds is 9. The maximum atomic E-state index is 12.0. The topological polar surface area (TPSA) is 61.4 Å². The van der Waals surface area contributed by atoms with E-state index in [1.807, 2.05) is 0 Å². The molecule has 0 saturated carbocycles. The zero-order chi connectivity index (χ0) is 16.5. The van der Waals surface area contributed by atoms with Crippen LogP contribution in [0.4, 0.5) is 0 Å². The van der Waals surface area contributed by atoms with E-state index in [-0.39, 0.29) is 5.91 Å². The molecule has 1 amide bonds. The number of unbranched alkanes of at least 4 members (excludes halogenated alkanes) is 4. The second-order valence-electron chi connectivity index (χ2n) is 6.49. The number of hydrogen-bond acceptors (Lipinski definition) is 3. The summed E-state index contributed by atoms with van der Waals surface area (Å²) < 4.78 is 0. The molecule has 1 fully saturated rings. The number of carbonyl (C=O) groups excluding carboxylic acids is 1. The highest BCUT2D eigenvalue weighted by Gasteiger charge is 2.30. The van der Waals surface area contributed by atoms with Crippen molar-refractivity contribution in [2.24, 2.45) is 0 Å². The standard InChI is InChI=1S/C19H30N2O2/c1-2-3-4-5-6-7-15-8-10-16(11-9-15)14-21-19(23)18-17(22)12-13-20-18/h8-11,17-18,20,22H,2-7,12-14H2,1H3,(H,21,23). The van der Waals surface area contributed by atoms with Gasteiger partial charge in [-0.2, -0.15) is 0 Å². The van der Waals surface area contributed by atoms with Gasteiger partial charge in [-0.1, -0.05) is 56.9 Å². The summed E-state index contributed by atoms with van der Waals surface area (Å²) in [5.41, 5.74) is 2.46. The molecule has 1 aliphatic rings. The van der Waals surface area contributed by atoms with E-state index in [2.05, 4.69) is 41.8 Å². The second-order valence-corrected chi connectivity index (χ2v) is 6.49. The van der Waals surface area contributed by atoms with Gasteiger partial charge in [0.1, 0.15) is 6.04 Å². The fraction of sp³-hybridized carbons (Fsp3) is 0.632. The molecule has 0 spiro atoms. The molecule has 4 heteroatoms. The monoisotopic (exact) mass is 318 g/mol. The number of aliphatic hydroxyl groups excluding tert-OH is 1. The zero-order valence-corrected chi connectivity index (χ0v) is 14.2. The van der Waals surface area contributed by atoms with E-state index in [1.54, 1.807) is 0 Å². The van der Waals surface area contributed by atoms with E-state index in [1.165, 1.54) is 37.7 Å². The van der Waals surface area contributed by atoms with Crippen LogP contribution in [-0.2, 0) is 17.8 Å². The van der Waals surface area contributed by atoms with Crippen LogP contribution in [0, 0.1) is 0 Å². The largest absolute Gasteiger partial charge is 0.391 e. The van der Waals surface area contributed by atoms with Crippen molar-refractivity contribution in [3.8, 4) is 0 Å². The van der Waals surface area contributed by atoms with Gasteiger partial charge in [0.15, 0.2) is 0 Å². The molecule has 0 radical (unpaired) electrons. The lowest BCUT2D eigenvalue weighted by atomic mass is 10.0. The predicted molar refractivity (Wildman–Crippen MR) is 93.2 cm³/mol. The Kier molecular flexibility index (Phi) is 7.56. The van der Waals surface area contributed by atoms with Crippen LogP contribution < -0.4 is 10.6 Å². The van der Waals surface area contributed by atoms with Crippen molar-refractivity contribution in [1.82, 2.24) is 10.6 Å². The Labute approximate surface area is 139 Å². The summed E-state index contributed by atoms with van der Waals surface area (Å²) in [7, 11) is 0. The Hall–Kier alpha value is -1.39. The smallest absolute Gasteiger partial charge is 0.240 e. The van der Waals surface area contributed by atoms with Gasteiger partial charge in [0, 0.05) is 6.54 Å². The summed E-state index contributed by atoms with van der Waals surface area (Å²) in [4.78, 5) is 12.0. The molecule has 4 nitrogen and oxygen atoms in total. The molecule has 2 atom stereocenters. The maximum Gasteiger partial charge on any atom is 0.240 e. The molecule has 1 aromatic rings. The first-order chi connectivity index (χ1) is 11.2. The summed E-state index contributed by atoms with van der Waals surface area (Å²) in [5.74, 6) is -0.116. The van der Waals surface area contributed by atoms with Gasteiger partial charge in [-0.25, -0.2) is 0 Å². The number of hydrogen-bond donors (Lipinski definition) is 3. The maximum absolute atomic E-state index is 12.0. The summed E-state index contributed by atoms with van der Waals surface area (Å²) in [6.45, 7) is 3.45. The van der Waals surface area contributed by atoms with Gasteiger partial charge in [0.2, 0.25) is 5.91 Å². The van der Waals surface area contributed by atoms with Gasteiger partial charge in [-0.15, -0.1) is 0 Å². The molecule has 0 bridgehead atoms. The Bertz CT molecular complexity index is 473. The van der Waals surface area contributed by atoms with Crippen molar-refractivity contribution in [1.29, 1.82) is 0 Å². The van der Waals surface area contributed by atoms with Crippen LogP contribution in [0.15, 0.2) is 24.3 Å². The van der Waals surface area contributed by atoms with Crippen LogP contribution >= 0.6 is 0 Å². The van der Waals surface area contributed by atoms with Crippen LogP contribution in [0.1, 0.15) is 56.6 Å². The molecule has 0 aromatic heterocycles. The molecular formula is C19H30N2O2. The zero-order valence-electron chi connectivity index (χ0n) is 14.2. The highest BCUT2D eigenvalue weighted by atomic mass is 16.3. The van der Waals surface area contributed by atoms with E-state index in [9.17, 15) is 9.90 Å². The van der Waals surface area contributed by atoms with Crippen LogP contribution in [-0.4, -0.2) is 29.7 Å². The van der Waals surface area contributed by atoms with Gasteiger partial charge < -0.3 is 15.7 Å². The minimum Gasteiger partial charge on any atom is -0.391 e. The normalized spacial score (nSPS) is 20.6. The van der Waals surface area contributed by atoms with E-state index in [4.69, 9.17) is 0 Å². The first kappa shape index (κ1) is 18.0. The minimum absolute atomic E-state index is 0.116. The molecule has 2 unspecified atom stereocenters. The second kappa shape index (κ2) is 9.68. The highest BCUT2D eigenvalue weighted by Crippen LogP contribution is 2.11. The van der Waals surface area contributed by atoms with Crippen molar-refractivity contribution in [2.75, 3.05) is 6.54 Å². The molecule has 1 aliphatic heterocycles. The van der Waals surface area contributed by atoms with E-state index in [0.29, 0.717) is 19.5 Å². The molecule has 3 N–H and O–H groups in total. The van der Waals surface area contributed by atoms with Crippen LogP contribution in [0.25, 0.3) is 0 Å². The third-order valence-electron chi connectivity index (χ3n) is 4.53. The van der Waals surface area contributed by atoms with Gasteiger partial charge >= 0.3 is 0 Å². The average molecular weight is 318 g/mol. The van der Waals surface area contributed by atoms with E-state index < -0.39 is 12.1 Å². The quantitative estimate of drug-likeness (QED) is 0.613. The van der Waals surface area contributed by atoms with Crippen LogP contribution in [0.2, 0.25) is 0 Å². The van der Waals surface area contributed by atoms with Gasteiger partial charge in [-0.3, -0.25) is 4.79 Å². The minimum atomic E-state index is -0.565. The molecule has 2 rings (SSSR count). The third-order valence-corrected chi connectivity index (χ3v) is 4.53. The average Bonchev–Trinajstić information content (AvgIpc) is 3.00. The molecule has 0 aliphatic carbocycles. The third kappa shape index (κ3) is 5.96. The summed E-state index contributed by atoms with van der Waals surface area (Å²) in [5, 5.41) is 15.6. The van der Waals surface area contributed by atoms with Crippen molar-refractivity contribution in [3.63, 3.8) is 0 Å². The highest BCUT2D eigenvalue weighted by molar-refractivity contribution is 5.82. The molecule has 128 valence electrons. The van der Waals surface area contributed by atoms with Gasteiger partial charge in [0.05, 0.1) is 6.10 Å². The van der Waals surface area contributed by atoms with E-state index >= 15 is 0 Å². The lowest BCUT2D eigenvalue weighted by Crippen LogP contribution is -2.45. The number of carbonyl (C=O) groups is 1. The predicted octanol–water partition coefficient (Wildman–Crippen LogP) is 2.54. The lowest BCUT2D eigenvalue weighted by Gasteiger charge is -2.14. The van der Waals surface area contributed by atoms with Crippen molar-refractivity contribution >= 4 is 5.91 Å². The fourth-order valence-corrected chi connectivity index (χ4v) is 3.01. The fourth-order valence-electron chi connectivity index (χ4n) is 3.01. The van der Waals surface area contributed by atoms with Crippen LogP contribution in [0.3, 0.4) is 0 Å². The van der Waals surface area contributed by atoms with E-state index in [0.717, 1.165) is 12.0 Å². The van der Waals surface area contributed by atoms with Gasteiger partial charge in [0.25, 0.3) is 0 Å². The summed E-state index contributed by atoms with van der Waals surface area (Å²) >= 11 is 0. The Morgan fingerprint density at radius 3 is 2.52 bits per heavy atom. The summed E-state index contributed by atoms with van der Waals surface area (Å²) in [6.07, 6.45) is 7.73. The molecule has 1 heterocycles. The Morgan fingerprint density at radius 2 is 1.87 bits per heavy atom. The Morgan fingerprint density at radius 1 is 1.17 bits per heavy atom. The SMILES string of the molecule is CCCCCCCc1ccc(CNC(=O)C2NCCC2O)cc1. The first-order valence-electron chi connectivity index (χ1n) is 8.97. The number of aryl methyl sites for hydroxylation is 1. The van der Waals surface area contributed by atoms with Crippen molar-refractivity contribution < 1.29 is 9.90 Å². The molecule has 1 aromatic carbocycles. The number of aliphatic hydroxyl groups is 1. The molecule has 1 saturated heterocycles. The number of nitrogens with one attached hydrogen (secondary N) is 2. The van der Waals surface area contributed by atoms with Crippen LogP contribution in [0.5, 0.6) is 0 Å². The summed E-state index contributed by atoms with van der Waals surface area (Å²) in [6, 6.07) is 8.02. The van der Waals surface area contributed by atoms with Crippen molar-refractivity contribution in [3.05, 3.63) is 35.4 Å². The molecular weight excluding hydrogens is 288 g/mol. The molecule has 23 heavy (non-hydrogen) atoms. The Balaban J connectivity index is 1.69. The lowest BCUT2D eigenvalue weighted by molar-refractivity contribution is -0.124. The number of benzene rings is 1. The van der Waals surface area contributed by atoms with Gasteiger partial charge in [-0.05, 0) is 36.9 Å². The first-order valence-corrected chi connectivity index (χ1v) is 8.97. The number of amides is 1.